The van der Waals surface area contributed by atoms with Crippen molar-refractivity contribution >= 4 is 27.3 Å². The average molecular weight is 356 g/mol. The lowest BCUT2D eigenvalue weighted by Gasteiger charge is -2.19. The Morgan fingerprint density at radius 2 is 2.20 bits per heavy atom. The van der Waals surface area contributed by atoms with E-state index in [1.54, 1.807) is 11.3 Å². The van der Waals surface area contributed by atoms with Gasteiger partial charge in [0, 0.05) is 6.04 Å². The topological polar surface area (TPSA) is 12.0 Å². The smallest absolute Gasteiger partial charge is 0.137 e. The van der Waals surface area contributed by atoms with Crippen LogP contribution in [0, 0.1) is 5.82 Å². The Bertz CT molecular complexity index is 527. The highest BCUT2D eigenvalue weighted by atomic mass is 79.9. The molecule has 0 aliphatic rings. The van der Waals surface area contributed by atoms with E-state index in [-0.39, 0.29) is 11.9 Å². The second-order valence-electron chi connectivity index (χ2n) is 4.85. The summed E-state index contributed by atoms with van der Waals surface area (Å²) in [5, 5.41) is 7.86. The molecule has 0 saturated heterocycles. The molecule has 1 unspecified atom stereocenters. The minimum absolute atomic E-state index is 0.208. The van der Waals surface area contributed by atoms with E-state index in [0.717, 1.165) is 31.4 Å². The third kappa shape index (κ3) is 4.40. The molecule has 2 aromatic rings. The van der Waals surface area contributed by atoms with Gasteiger partial charge in [0.05, 0.1) is 4.47 Å². The highest BCUT2D eigenvalue weighted by molar-refractivity contribution is 9.10. The summed E-state index contributed by atoms with van der Waals surface area (Å²) >= 11 is 5.00. The molecule has 108 valence electrons. The Morgan fingerprint density at radius 1 is 1.35 bits per heavy atom. The summed E-state index contributed by atoms with van der Waals surface area (Å²) in [7, 11) is 0. The van der Waals surface area contributed by atoms with Gasteiger partial charge in [0.1, 0.15) is 5.82 Å². The molecule has 0 aliphatic heterocycles. The van der Waals surface area contributed by atoms with Crippen molar-refractivity contribution in [3.05, 3.63) is 56.4 Å². The SMILES string of the molecule is CCCNC(CCc1ccsc1)c1ccc(F)c(Br)c1. The fourth-order valence-electron chi connectivity index (χ4n) is 2.18. The molecular formula is C16H19BrFNS. The van der Waals surface area contributed by atoms with Crippen molar-refractivity contribution in [2.24, 2.45) is 0 Å². The van der Waals surface area contributed by atoms with Gasteiger partial charge in [0.2, 0.25) is 0 Å². The zero-order valence-corrected chi connectivity index (χ0v) is 13.9. The predicted octanol–water partition coefficient (Wildman–Crippen LogP) is 5.32. The summed E-state index contributed by atoms with van der Waals surface area (Å²) in [6.07, 6.45) is 3.16. The molecule has 0 amide bonds. The Balaban J connectivity index is 2.07. The van der Waals surface area contributed by atoms with Crippen LogP contribution in [0.15, 0.2) is 39.5 Å². The first-order chi connectivity index (χ1) is 9.70. The maximum atomic E-state index is 13.4. The van der Waals surface area contributed by atoms with Gasteiger partial charge >= 0.3 is 0 Å². The van der Waals surface area contributed by atoms with Gasteiger partial charge in [-0.25, -0.2) is 4.39 Å². The number of aryl methyl sites for hydroxylation is 1. The summed E-state index contributed by atoms with van der Waals surface area (Å²) in [6, 6.07) is 7.73. The van der Waals surface area contributed by atoms with Crippen molar-refractivity contribution in [3.63, 3.8) is 0 Å². The third-order valence-corrected chi connectivity index (χ3v) is 4.63. The van der Waals surface area contributed by atoms with Crippen LogP contribution >= 0.6 is 27.3 Å². The molecular weight excluding hydrogens is 337 g/mol. The van der Waals surface area contributed by atoms with Crippen LogP contribution < -0.4 is 5.32 Å². The van der Waals surface area contributed by atoms with Crippen molar-refractivity contribution in [1.82, 2.24) is 5.32 Å². The molecule has 4 heteroatoms. The zero-order valence-electron chi connectivity index (χ0n) is 11.5. The zero-order chi connectivity index (χ0) is 14.4. The molecule has 0 saturated carbocycles. The van der Waals surface area contributed by atoms with Crippen molar-refractivity contribution in [1.29, 1.82) is 0 Å². The fraction of sp³-hybridized carbons (Fsp3) is 0.375. The minimum atomic E-state index is -0.208. The molecule has 1 heterocycles. The highest BCUT2D eigenvalue weighted by Crippen LogP contribution is 2.25. The fourth-order valence-corrected chi connectivity index (χ4v) is 3.28. The van der Waals surface area contributed by atoms with Crippen molar-refractivity contribution in [3.8, 4) is 0 Å². The van der Waals surface area contributed by atoms with E-state index in [2.05, 4.69) is 45.0 Å². The largest absolute Gasteiger partial charge is 0.310 e. The second-order valence-corrected chi connectivity index (χ2v) is 6.48. The Morgan fingerprint density at radius 3 is 2.85 bits per heavy atom. The summed E-state index contributed by atoms with van der Waals surface area (Å²) < 4.78 is 13.9. The van der Waals surface area contributed by atoms with E-state index >= 15 is 0 Å². The molecule has 0 spiro atoms. The molecule has 1 aromatic carbocycles. The van der Waals surface area contributed by atoms with Crippen LogP contribution in [0.5, 0.6) is 0 Å². The summed E-state index contributed by atoms with van der Waals surface area (Å²) in [5.41, 5.74) is 2.52. The quantitative estimate of drug-likeness (QED) is 0.708. The number of benzene rings is 1. The number of hydrogen-bond acceptors (Lipinski definition) is 2. The van der Waals surface area contributed by atoms with Gasteiger partial charge in [-0.2, -0.15) is 11.3 Å². The van der Waals surface area contributed by atoms with Crippen molar-refractivity contribution in [2.45, 2.75) is 32.2 Å². The standard InChI is InChI=1S/C16H19BrFNS/c1-2-8-19-16(6-3-12-7-9-20-11-12)13-4-5-15(18)14(17)10-13/h4-5,7,9-11,16,19H,2-3,6,8H2,1H3. The Kier molecular flexibility index (Phi) is 6.20. The molecule has 1 atom stereocenters. The van der Waals surface area contributed by atoms with Crippen LogP contribution in [-0.2, 0) is 6.42 Å². The van der Waals surface area contributed by atoms with Crippen LogP contribution in [0.4, 0.5) is 4.39 Å². The molecule has 20 heavy (non-hydrogen) atoms. The normalized spacial score (nSPS) is 12.6. The minimum Gasteiger partial charge on any atom is -0.310 e. The van der Waals surface area contributed by atoms with E-state index in [1.807, 2.05) is 12.1 Å². The molecule has 0 fully saturated rings. The molecule has 2 rings (SSSR count). The van der Waals surface area contributed by atoms with Crippen LogP contribution in [0.3, 0.4) is 0 Å². The summed E-state index contributed by atoms with van der Waals surface area (Å²) in [4.78, 5) is 0. The van der Waals surface area contributed by atoms with E-state index in [0.29, 0.717) is 4.47 Å². The molecule has 0 aliphatic carbocycles. The monoisotopic (exact) mass is 355 g/mol. The first-order valence-corrected chi connectivity index (χ1v) is 8.63. The van der Waals surface area contributed by atoms with E-state index in [9.17, 15) is 4.39 Å². The van der Waals surface area contributed by atoms with Gasteiger partial charge < -0.3 is 5.32 Å². The van der Waals surface area contributed by atoms with Gasteiger partial charge in [-0.1, -0.05) is 13.0 Å². The molecule has 0 radical (unpaired) electrons. The van der Waals surface area contributed by atoms with Crippen LogP contribution in [0.2, 0.25) is 0 Å². The lowest BCUT2D eigenvalue weighted by Crippen LogP contribution is -2.22. The average Bonchev–Trinajstić information content (AvgIpc) is 2.95. The van der Waals surface area contributed by atoms with Gasteiger partial charge in [-0.3, -0.25) is 0 Å². The van der Waals surface area contributed by atoms with E-state index in [1.165, 1.54) is 11.6 Å². The van der Waals surface area contributed by atoms with Gasteiger partial charge in [0.15, 0.2) is 0 Å². The number of rotatable bonds is 7. The highest BCUT2D eigenvalue weighted by Gasteiger charge is 2.12. The van der Waals surface area contributed by atoms with Crippen molar-refractivity contribution in [2.75, 3.05) is 6.54 Å². The van der Waals surface area contributed by atoms with Gasteiger partial charge in [-0.05, 0) is 81.8 Å². The summed E-state index contributed by atoms with van der Waals surface area (Å²) in [6.45, 7) is 3.13. The maximum absolute atomic E-state index is 13.4. The molecule has 0 bridgehead atoms. The first-order valence-electron chi connectivity index (χ1n) is 6.90. The number of nitrogens with one attached hydrogen (secondary N) is 1. The Labute approximate surface area is 132 Å². The Hall–Kier alpha value is -0.710. The van der Waals surface area contributed by atoms with Crippen LogP contribution in [0.25, 0.3) is 0 Å². The van der Waals surface area contributed by atoms with Crippen LogP contribution in [-0.4, -0.2) is 6.54 Å². The number of thiophene rings is 1. The van der Waals surface area contributed by atoms with E-state index < -0.39 is 0 Å². The lowest BCUT2D eigenvalue weighted by atomic mass is 10.00. The number of hydrogen-bond donors (Lipinski definition) is 1. The van der Waals surface area contributed by atoms with Gasteiger partial charge in [-0.15, -0.1) is 0 Å². The van der Waals surface area contributed by atoms with Crippen molar-refractivity contribution < 1.29 is 4.39 Å². The maximum Gasteiger partial charge on any atom is 0.137 e. The van der Waals surface area contributed by atoms with Gasteiger partial charge in [0.25, 0.3) is 0 Å². The lowest BCUT2D eigenvalue weighted by molar-refractivity contribution is 0.498. The third-order valence-electron chi connectivity index (χ3n) is 3.29. The summed E-state index contributed by atoms with van der Waals surface area (Å²) in [5.74, 6) is -0.208. The second kappa shape index (κ2) is 7.91. The molecule has 1 nitrogen and oxygen atoms in total. The predicted molar refractivity (Wildman–Crippen MR) is 87.8 cm³/mol. The van der Waals surface area contributed by atoms with Crippen LogP contribution in [0.1, 0.15) is 36.9 Å². The molecule has 1 aromatic heterocycles. The first kappa shape index (κ1) is 15.7. The van der Waals surface area contributed by atoms with E-state index in [4.69, 9.17) is 0 Å². The molecule has 1 N–H and O–H groups in total. The number of halogens is 2.